The van der Waals surface area contributed by atoms with E-state index >= 15 is 0 Å². The summed E-state index contributed by atoms with van der Waals surface area (Å²) in [6.07, 6.45) is 0. The molecular formula is C13H12FNOS. The van der Waals surface area contributed by atoms with Crippen molar-refractivity contribution >= 4 is 27.2 Å². The van der Waals surface area contributed by atoms with E-state index < -0.39 is 0 Å². The first kappa shape index (κ1) is 10.9. The van der Waals surface area contributed by atoms with Gasteiger partial charge in [0.2, 0.25) is 0 Å². The van der Waals surface area contributed by atoms with E-state index in [0.29, 0.717) is 11.2 Å². The number of carbonyl (C=O) groups is 1. The fourth-order valence-corrected chi connectivity index (χ4v) is 3.44. The Morgan fingerprint density at radius 1 is 1.41 bits per heavy atom. The molecule has 0 saturated heterocycles. The van der Waals surface area contributed by atoms with Crippen molar-refractivity contribution in [2.24, 2.45) is 0 Å². The van der Waals surface area contributed by atoms with Crippen LogP contribution < -0.4 is 0 Å². The van der Waals surface area contributed by atoms with Gasteiger partial charge in [-0.1, -0.05) is 19.1 Å². The molecule has 17 heavy (non-hydrogen) atoms. The smallest absolute Gasteiger partial charge is 0.187 e. The van der Waals surface area contributed by atoms with Crippen LogP contribution in [-0.4, -0.2) is 23.8 Å². The standard InChI is InChI=1S/C13H12FNOS/c1-2-15-6-9-8-4-3-5-10(14)12(8)17-13(9)11(16)7-15/h3-5H,2,6-7H2,1H3. The molecule has 0 spiro atoms. The molecule has 1 aromatic carbocycles. The Bertz CT molecular complexity index is 605. The van der Waals surface area contributed by atoms with Crippen molar-refractivity contribution in [3.63, 3.8) is 0 Å². The summed E-state index contributed by atoms with van der Waals surface area (Å²) in [4.78, 5) is 14.8. The van der Waals surface area contributed by atoms with Gasteiger partial charge in [0.1, 0.15) is 5.82 Å². The van der Waals surface area contributed by atoms with Crippen molar-refractivity contribution in [2.45, 2.75) is 13.5 Å². The summed E-state index contributed by atoms with van der Waals surface area (Å²) in [6.45, 7) is 4.09. The summed E-state index contributed by atoms with van der Waals surface area (Å²) in [5, 5.41) is 0.900. The average molecular weight is 249 g/mol. The summed E-state index contributed by atoms with van der Waals surface area (Å²) >= 11 is 1.30. The molecule has 2 nitrogen and oxygen atoms in total. The normalized spacial score (nSPS) is 16.5. The lowest BCUT2D eigenvalue weighted by Crippen LogP contribution is -2.33. The number of benzene rings is 1. The maximum Gasteiger partial charge on any atom is 0.187 e. The van der Waals surface area contributed by atoms with Crippen LogP contribution in [0.4, 0.5) is 4.39 Å². The predicted octanol–water partition coefficient (Wildman–Crippen LogP) is 3.06. The van der Waals surface area contributed by atoms with Crippen LogP contribution in [-0.2, 0) is 6.54 Å². The SMILES string of the molecule is CCN1CC(=O)c2sc3c(F)cccc3c2C1. The molecule has 1 aliphatic heterocycles. The van der Waals surface area contributed by atoms with Crippen molar-refractivity contribution in [1.82, 2.24) is 4.90 Å². The van der Waals surface area contributed by atoms with E-state index in [1.165, 1.54) is 17.4 Å². The first-order valence-electron chi connectivity index (χ1n) is 5.66. The van der Waals surface area contributed by atoms with E-state index in [-0.39, 0.29) is 11.6 Å². The van der Waals surface area contributed by atoms with E-state index in [1.54, 1.807) is 6.07 Å². The number of fused-ring (bicyclic) bond motifs is 3. The third-order valence-electron chi connectivity index (χ3n) is 3.22. The Morgan fingerprint density at radius 3 is 3.00 bits per heavy atom. The Balaban J connectivity index is 2.25. The number of rotatable bonds is 1. The Hall–Kier alpha value is -1.26. The Kier molecular flexibility index (Phi) is 2.49. The number of hydrogen-bond donors (Lipinski definition) is 0. The lowest BCUT2D eigenvalue weighted by atomic mass is 10.0. The van der Waals surface area contributed by atoms with Crippen LogP contribution in [0.15, 0.2) is 18.2 Å². The highest BCUT2D eigenvalue weighted by molar-refractivity contribution is 7.21. The second kappa shape index (κ2) is 3.89. The number of ketones is 1. The van der Waals surface area contributed by atoms with Crippen LogP contribution in [0.1, 0.15) is 22.2 Å². The van der Waals surface area contributed by atoms with Crippen molar-refractivity contribution < 1.29 is 9.18 Å². The molecule has 2 aromatic rings. The van der Waals surface area contributed by atoms with Crippen LogP contribution >= 0.6 is 11.3 Å². The molecular weight excluding hydrogens is 237 g/mol. The van der Waals surface area contributed by atoms with E-state index in [1.807, 2.05) is 13.0 Å². The minimum atomic E-state index is -0.224. The second-order valence-electron chi connectivity index (χ2n) is 4.25. The highest BCUT2D eigenvalue weighted by Crippen LogP contribution is 2.36. The monoisotopic (exact) mass is 249 g/mol. The van der Waals surface area contributed by atoms with Crippen LogP contribution in [0.25, 0.3) is 10.1 Å². The number of halogens is 1. The lowest BCUT2D eigenvalue weighted by Gasteiger charge is -2.24. The van der Waals surface area contributed by atoms with Gasteiger partial charge < -0.3 is 0 Å². The molecule has 0 radical (unpaired) electrons. The van der Waals surface area contributed by atoms with Gasteiger partial charge in [-0.25, -0.2) is 4.39 Å². The van der Waals surface area contributed by atoms with E-state index in [2.05, 4.69) is 4.90 Å². The minimum Gasteiger partial charge on any atom is -0.292 e. The molecule has 0 aliphatic carbocycles. The number of Topliss-reactive ketones (excluding diaryl/α,β-unsaturated/α-hetero) is 1. The van der Waals surface area contributed by atoms with Crippen LogP contribution in [0, 0.1) is 5.82 Å². The van der Waals surface area contributed by atoms with Gasteiger partial charge in [0.25, 0.3) is 0 Å². The van der Waals surface area contributed by atoms with E-state index in [9.17, 15) is 9.18 Å². The fourth-order valence-electron chi connectivity index (χ4n) is 2.30. The number of nitrogens with zero attached hydrogens (tertiary/aromatic N) is 1. The molecule has 2 heterocycles. The highest BCUT2D eigenvalue weighted by Gasteiger charge is 2.27. The average Bonchev–Trinajstić information content (AvgIpc) is 2.70. The zero-order chi connectivity index (χ0) is 12.0. The zero-order valence-electron chi connectivity index (χ0n) is 9.50. The molecule has 0 unspecified atom stereocenters. The zero-order valence-corrected chi connectivity index (χ0v) is 10.3. The summed E-state index contributed by atoms with van der Waals surface area (Å²) in [5.74, 6) is -0.105. The maximum atomic E-state index is 13.7. The molecule has 4 heteroatoms. The first-order chi connectivity index (χ1) is 8.20. The largest absolute Gasteiger partial charge is 0.292 e. The Morgan fingerprint density at radius 2 is 2.24 bits per heavy atom. The summed E-state index contributed by atoms with van der Waals surface area (Å²) in [6, 6.07) is 5.06. The molecule has 1 aromatic heterocycles. The maximum absolute atomic E-state index is 13.7. The molecule has 1 aliphatic rings. The first-order valence-corrected chi connectivity index (χ1v) is 6.47. The predicted molar refractivity (Wildman–Crippen MR) is 67.1 cm³/mol. The van der Waals surface area contributed by atoms with Gasteiger partial charge in [-0.2, -0.15) is 0 Å². The molecule has 0 saturated carbocycles. The van der Waals surface area contributed by atoms with Gasteiger partial charge in [-0.3, -0.25) is 9.69 Å². The number of carbonyl (C=O) groups excluding carboxylic acids is 1. The number of hydrogen-bond acceptors (Lipinski definition) is 3. The van der Waals surface area contributed by atoms with Crippen molar-refractivity contribution in [3.8, 4) is 0 Å². The van der Waals surface area contributed by atoms with Crippen LogP contribution in [0.5, 0.6) is 0 Å². The third kappa shape index (κ3) is 1.59. The van der Waals surface area contributed by atoms with Gasteiger partial charge >= 0.3 is 0 Å². The van der Waals surface area contributed by atoms with Gasteiger partial charge in [-0.05, 0) is 18.2 Å². The van der Waals surface area contributed by atoms with E-state index in [4.69, 9.17) is 0 Å². The van der Waals surface area contributed by atoms with Gasteiger partial charge in [0.15, 0.2) is 5.78 Å². The fraction of sp³-hybridized carbons (Fsp3) is 0.308. The lowest BCUT2D eigenvalue weighted by molar-refractivity contribution is 0.0912. The topological polar surface area (TPSA) is 20.3 Å². The van der Waals surface area contributed by atoms with E-state index in [0.717, 1.165) is 28.9 Å². The molecule has 0 amide bonds. The Labute approximate surface area is 103 Å². The highest BCUT2D eigenvalue weighted by atomic mass is 32.1. The minimum absolute atomic E-state index is 0.119. The quantitative estimate of drug-likeness (QED) is 0.774. The molecule has 3 rings (SSSR count). The summed E-state index contributed by atoms with van der Waals surface area (Å²) in [5.41, 5.74) is 1.00. The van der Waals surface area contributed by atoms with Crippen molar-refractivity contribution in [2.75, 3.05) is 13.1 Å². The summed E-state index contributed by atoms with van der Waals surface area (Å²) in [7, 11) is 0. The number of likely N-dealkylation sites (N-methyl/N-ethyl adjacent to an activating group) is 1. The summed E-state index contributed by atoms with van der Waals surface area (Å²) < 4.78 is 14.3. The molecule has 0 fully saturated rings. The van der Waals surface area contributed by atoms with Crippen LogP contribution in [0.2, 0.25) is 0 Å². The van der Waals surface area contributed by atoms with Gasteiger partial charge in [-0.15, -0.1) is 11.3 Å². The third-order valence-corrected chi connectivity index (χ3v) is 4.52. The van der Waals surface area contributed by atoms with Gasteiger partial charge in [0, 0.05) is 11.9 Å². The molecule has 0 atom stereocenters. The van der Waals surface area contributed by atoms with Crippen LogP contribution in [0.3, 0.4) is 0 Å². The van der Waals surface area contributed by atoms with Crippen molar-refractivity contribution in [3.05, 3.63) is 34.5 Å². The second-order valence-corrected chi connectivity index (χ2v) is 5.27. The van der Waals surface area contributed by atoms with Crippen molar-refractivity contribution in [1.29, 1.82) is 0 Å². The molecule has 0 N–H and O–H groups in total. The molecule has 0 bridgehead atoms. The van der Waals surface area contributed by atoms with Gasteiger partial charge in [0.05, 0.1) is 16.1 Å². The molecule has 88 valence electrons. The number of thiophene rings is 1.